The lowest BCUT2D eigenvalue weighted by atomic mass is 10.0. The van der Waals surface area contributed by atoms with Crippen LogP contribution in [0.3, 0.4) is 0 Å². The van der Waals surface area contributed by atoms with E-state index < -0.39 is 0 Å². The number of carbonyl (C=O) groups is 1. The molecule has 74 valence electrons. The van der Waals surface area contributed by atoms with Crippen molar-refractivity contribution < 1.29 is 4.79 Å². The minimum atomic E-state index is -0.0874. The van der Waals surface area contributed by atoms with Crippen molar-refractivity contribution in [1.82, 2.24) is 4.90 Å². The van der Waals surface area contributed by atoms with Gasteiger partial charge in [0, 0.05) is 13.1 Å². The Morgan fingerprint density at radius 3 is 2.38 bits per heavy atom. The molecule has 1 unspecified atom stereocenters. The van der Waals surface area contributed by atoms with Crippen molar-refractivity contribution >= 4 is 5.91 Å². The lowest BCUT2D eigenvalue weighted by Crippen LogP contribution is -2.35. The molecule has 0 radical (unpaired) electrons. The summed E-state index contributed by atoms with van der Waals surface area (Å²) in [7, 11) is 1.76. The van der Waals surface area contributed by atoms with Gasteiger partial charge in [-0.05, 0) is 19.3 Å². The van der Waals surface area contributed by atoms with Crippen LogP contribution in [-0.2, 0) is 4.79 Å². The van der Waals surface area contributed by atoms with E-state index in [2.05, 4.69) is 13.8 Å². The summed E-state index contributed by atoms with van der Waals surface area (Å²) in [5.41, 5.74) is 0. The highest BCUT2D eigenvalue weighted by Gasteiger charge is 2.15. The van der Waals surface area contributed by atoms with Crippen LogP contribution in [0.2, 0.25) is 0 Å². The molecule has 3 heteroatoms. The molecule has 0 N–H and O–H groups in total. The summed E-state index contributed by atoms with van der Waals surface area (Å²) in [6.07, 6.45) is 0.965. The highest BCUT2D eigenvalue weighted by Crippen LogP contribution is 2.10. The minimum Gasteiger partial charge on any atom is -0.342 e. The van der Waals surface area contributed by atoms with E-state index >= 15 is 0 Å². The number of hydrogen-bond donors (Lipinski definition) is 0. The van der Waals surface area contributed by atoms with Crippen LogP contribution in [0.25, 0.3) is 0 Å². The maximum Gasteiger partial charge on any atom is 0.236 e. The summed E-state index contributed by atoms with van der Waals surface area (Å²) in [5, 5.41) is 8.35. The van der Waals surface area contributed by atoms with E-state index in [0.717, 1.165) is 6.42 Å². The molecule has 0 aromatic heterocycles. The summed E-state index contributed by atoms with van der Waals surface area (Å²) < 4.78 is 0. The number of rotatable bonds is 4. The molecular formula is C10H18N2O. The van der Waals surface area contributed by atoms with Gasteiger partial charge in [-0.15, -0.1) is 0 Å². The maximum atomic E-state index is 11.3. The second kappa shape index (κ2) is 5.58. The number of amides is 1. The molecule has 0 spiro atoms. The fourth-order valence-corrected chi connectivity index (χ4v) is 1.28. The van der Waals surface area contributed by atoms with E-state index in [0.29, 0.717) is 5.92 Å². The first kappa shape index (κ1) is 12.0. The van der Waals surface area contributed by atoms with Crippen molar-refractivity contribution in [3.8, 4) is 6.07 Å². The Labute approximate surface area is 80.3 Å². The first-order chi connectivity index (χ1) is 5.99. The molecule has 0 fully saturated rings. The number of hydrogen-bond acceptors (Lipinski definition) is 2. The van der Waals surface area contributed by atoms with Gasteiger partial charge in [0.25, 0.3) is 0 Å². The monoisotopic (exact) mass is 182 g/mol. The van der Waals surface area contributed by atoms with Crippen molar-refractivity contribution in [1.29, 1.82) is 5.26 Å². The fourth-order valence-electron chi connectivity index (χ4n) is 1.28. The van der Waals surface area contributed by atoms with Gasteiger partial charge in [-0.2, -0.15) is 5.26 Å². The summed E-state index contributed by atoms with van der Waals surface area (Å²) in [6, 6.07) is 2.09. The van der Waals surface area contributed by atoms with Gasteiger partial charge in [0.15, 0.2) is 0 Å². The SMILES string of the molecule is CC(C)CC(C)N(C)C(=O)CC#N. The molecule has 0 bridgehead atoms. The fraction of sp³-hybridized carbons (Fsp3) is 0.800. The molecule has 13 heavy (non-hydrogen) atoms. The van der Waals surface area contributed by atoms with E-state index in [4.69, 9.17) is 5.26 Å². The van der Waals surface area contributed by atoms with Crippen LogP contribution in [0, 0.1) is 17.2 Å². The quantitative estimate of drug-likeness (QED) is 0.665. The second-order valence-corrected chi connectivity index (χ2v) is 3.82. The Hall–Kier alpha value is -1.04. The molecule has 0 saturated heterocycles. The molecule has 1 amide bonds. The molecule has 0 rings (SSSR count). The highest BCUT2D eigenvalue weighted by atomic mass is 16.2. The largest absolute Gasteiger partial charge is 0.342 e. The summed E-state index contributed by atoms with van der Waals surface area (Å²) >= 11 is 0. The Morgan fingerprint density at radius 1 is 1.46 bits per heavy atom. The highest BCUT2D eigenvalue weighted by molar-refractivity contribution is 5.78. The second-order valence-electron chi connectivity index (χ2n) is 3.82. The van der Waals surface area contributed by atoms with Gasteiger partial charge >= 0.3 is 0 Å². The average molecular weight is 182 g/mol. The first-order valence-electron chi connectivity index (χ1n) is 4.61. The van der Waals surface area contributed by atoms with Gasteiger partial charge in [-0.25, -0.2) is 0 Å². The van der Waals surface area contributed by atoms with Crippen LogP contribution in [0.5, 0.6) is 0 Å². The predicted molar refractivity (Wildman–Crippen MR) is 51.9 cm³/mol. The average Bonchev–Trinajstić information content (AvgIpc) is 2.02. The number of nitriles is 1. The van der Waals surface area contributed by atoms with Crippen LogP contribution in [0.1, 0.15) is 33.6 Å². The van der Waals surface area contributed by atoms with Crippen molar-refractivity contribution in [3.05, 3.63) is 0 Å². The van der Waals surface area contributed by atoms with Crippen molar-refractivity contribution in [2.75, 3.05) is 7.05 Å². The summed E-state index contributed by atoms with van der Waals surface area (Å²) in [6.45, 7) is 6.26. The van der Waals surface area contributed by atoms with E-state index in [9.17, 15) is 4.79 Å². The zero-order chi connectivity index (χ0) is 10.4. The molecule has 0 aromatic carbocycles. The zero-order valence-electron chi connectivity index (χ0n) is 8.87. The van der Waals surface area contributed by atoms with Crippen LogP contribution < -0.4 is 0 Å². The lowest BCUT2D eigenvalue weighted by Gasteiger charge is -2.25. The van der Waals surface area contributed by atoms with E-state index in [-0.39, 0.29) is 18.4 Å². The van der Waals surface area contributed by atoms with Gasteiger partial charge in [0.05, 0.1) is 6.07 Å². The van der Waals surface area contributed by atoms with Crippen LogP contribution >= 0.6 is 0 Å². The standard InChI is InChI=1S/C10H18N2O/c1-8(2)7-9(3)12(4)10(13)5-6-11/h8-9H,5,7H2,1-4H3. The zero-order valence-corrected chi connectivity index (χ0v) is 8.87. The molecule has 3 nitrogen and oxygen atoms in total. The van der Waals surface area contributed by atoms with Crippen molar-refractivity contribution in [2.45, 2.75) is 39.7 Å². The molecule has 0 heterocycles. The summed E-state index contributed by atoms with van der Waals surface area (Å²) in [5.74, 6) is 0.489. The lowest BCUT2D eigenvalue weighted by molar-refractivity contribution is -0.130. The normalized spacial score (nSPS) is 12.3. The molecule has 0 aliphatic carbocycles. The van der Waals surface area contributed by atoms with Crippen LogP contribution in [0.15, 0.2) is 0 Å². The van der Waals surface area contributed by atoms with Gasteiger partial charge in [0.2, 0.25) is 5.91 Å². The molecule has 0 aliphatic rings. The van der Waals surface area contributed by atoms with E-state index in [1.807, 2.05) is 13.0 Å². The Kier molecular flexibility index (Phi) is 5.13. The maximum absolute atomic E-state index is 11.3. The number of nitrogens with zero attached hydrogens (tertiary/aromatic N) is 2. The summed E-state index contributed by atoms with van der Waals surface area (Å²) in [4.78, 5) is 12.9. The van der Waals surface area contributed by atoms with Gasteiger partial charge < -0.3 is 4.90 Å². The third-order valence-electron chi connectivity index (χ3n) is 2.10. The third kappa shape index (κ3) is 4.51. The molecule has 0 saturated carbocycles. The van der Waals surface area contributed by atoms with Gasteiger partial charge in [0.1, 0.15) is 6.42 Å². The molecular weight excluding hydrogens is 164 g/mol. The molecule has 1 atom stereocenters. The van der Waals surface area contributed by atoms with Crippen LogP contribution in [0.4, 0.5) is 0 Å². The van der Waals surface area contributed by atoms with E-state index in [1.165, 1.54) is 0 Å². The molecule has 0 aliphatic heterocycles. The van der Waals surface area contributed by atoms with Gasteiger partial charge in [-0.1, -0.05) is 13.8 Å². The Balaban J connectivity index is 4.02. The smallest absolute Gasteiger partial charge is 0.236 e. The minimum absolute atomic E-state index is 0.0149. The Morgan fingerprint density at radius 2 is 2.00 bits per heavy atom. The predicted octanol–water partition coefficient (Wildman–Crippen LogP) is 1.79. The number of carbonyl (C=O) groups excluding carboxylic acids is 1. The van der Waals surface area contributed by atoms with Crippen LogP contribution in [-0.4, -0.2) is 23.9 Å². The van der Waals surface area contributed by atoms with E-state index in [1.54, 1.807) is 11.9 Å². The Bertz CT molecular complexity index is 205. The van der Waals surface area contributed by atoms with Gasteiger partial charge in [-0.3, -0.25) is 4.79 Å². The first-order valence-corrected chi connectivity index (χ1v) is 4.61. The topological polar surface area (TPSA) is 44.1 Å². The third-order valence-corrected chi connectivity index (χ3v) is 2.10. The molecule has 0 aromatic rings. The van der Waals surface area contributed by atoms with Crippen molar-refractivity contribution in [3.63, 3.8) is 0 Å². The van der Waals surface area contributed by atoms with Crippen molar-refractivity contribution in [2.24, 2.45) is 5.92 Å².